The van der Waals surface area contributed by atoms with E-state index in [4.69, 9.17) is 13.9 Å². The fourth-order valence-corrected chi connectivity index (χ4v) is 5.78. The van der Waals surface area contributed by atoms with Crippen LogP contribution in [0.2, 0.25) is 0 Å². The first-order valence-electron chi connectivity index (χ1n) is 11.0. The van der Waals surface area contributed by atoms with Crippen LogP contribution in [0.3, 0.4) is 0 Å². The summed E-state index contributed by atoms with van der Waals surface area (Å²) < 4.78 is 16.5. The van der Waals surface area contributed by atoms with Gasteiger partial charge in [0.25, 0.3) is 5.91 Å². The number of carbonyl (C=O) groups excluding carboxylic acids is 2. The number of anilines is 1. The van der Waals surface area contributed by atoms with Gasteiger partial charge in [0.1, 0.15) is 23.1 Å². The predicted octanol–water partition coefficient (Wildman–Crippen LogP) is 5.33. The third kappa shape index (κ3) is 4.05. The molecule has 2 aromatic heterocycles. The second-order valence-corrected chi connectivity index (χ2v) is 9.30. The Morgan fingerprint density at radius 1 is 1.03 bits per heavy atom. The van der Waals surface area contributed by atoms with Crippen LogP contribution in [0.1, 0.15) is 67.5 Å². The van der Waals surface area contributed by atoms with E-state index in [0.717, 1.165) is 54.7 Å². The molecule has 0 saturated carbocycles. The first-order chi connectivity index (χ1) is 15.6. The lowest BCUT2D eigenvalue weighted by atomic mass is 9.95. The number of hydrogen-bond donors (Lipinski definition) is 1. The molecule has 1 aromatic carbocycles. The maximum Gasteiger partial charge on any atom is 0.341 e. The van der Waals surface area contributed by atoms with Crippen molar-refractivity contribution < 1.29 is 23.5 Å². The number of benzene rings is 1. The zero-order chi connectivity index (χ0) is 22.1. The van der Waals surface area contributed by atoms with Crippen molar-refractivity contribution in [2.45, 2.75) is 51.6 Å². The summed E-state index contributed by atoms with van der Waals surface area (Å²) in [4.78, 5) is 26.3. The Morgan fingerprint density at radius 3 is 2.75 bits per heavy atom. The van der Waals surface area contributed by atoms with Crippen LogP contribution < -0.4 is 10.1 Å². The SMILES string of the molecule is COC(=O)c1c(NC(=O)c2ccc(COc3ccc4c(c3)CCC4)o2)sc2c1CCCC2. The molecule has 1 N–H and O–H groups in total. The van der Waals surface area contributed by atoms with E-state index in [9.17, 15) is 9.59 Å². The van der Waals surface area contributed by atoms with Crippen LogP contribution in [0, 0.1) is 0 Å². The van der Waals surface area contributed by atoms with Crippen LogP contribution in [0.5, 0.6) is 5.75 Å². The van der Waals surface area contributed by atoms with Gasteiger partial charge in [0.15, 0.2) is 5.76 Å². The van der Waals surface area contributed by atoms with Gasteiger partial charge in [0.2, 0.25) is 0 Å². The molecule has 0 fully saturated rings. The van der Waals surface area contributed by atoms with Crippen molar-refractivity contribution in [3.63, 3.8) is 0 Å². The lowest BCUT2D eigenvalue weighted by Gasteiger charge is -2.11. The molecule has 1 amide bonds. The predicted molar refractivity (Wildman–Crippen MR) is 122 cm³/mol. The van der Waals surface area contributed by atoms with E-state index in [-0.39, 0.29) is 12.4 Å². The van der Waals surface area contributed by atoms with Crippen LogP contribution in [0.4, 0.5) is 5.00 Å². The molecule has 7 heteroatoms. The minimum Gasteiger partial charge on any atom is -0.486 e. The van der Waals surface area contributed by atoms with Crippen LogP contribution in [-0.4, -0.2) is 19.0 Å². The zero-order valence-electron chi connectivity index (χ0n) is 18.0. The quantitative estimate of drug-likeness (QED) is 0.513. The summed E-state index contributed by atoms with van der Waals surface area (Å²) >= 11 is 1.45. The van der Waals surface area contributed by atoms with Gasteiger partial charge in [-0.1, -0.05) is 6.07 Å². The lowest BCUT2D eigenvalue weighted by molar-refractivity contribution is 0.0601. The highest BCUT2D eigenvalue weighted by molar-refractivity contribution is 7.17. The molecule has 6 nitrogen and oxygen atoms in total. The van der Waals surface area contributed by atoms with E-state index in [1.54, 1.807) is 12.1 Å². The van der Waals surface area contributed by atoms with Gasteiger partial charge in [-0.2, -0.15) is 0 Å². The molecular weight excluding hydrogens is 426 g/mol. The van der Waals surface area contributed by atoms with Crippen LogP contribution in [0.25, 0.3) is 0 Å². The highest BCUT2D eigenvalue weighted by atomic mass is 32.1. The molecule has 0 radical (unpaired) electrons. The number of nitrogens with one attached hydrogen (secondary N) is 1. The Kier molecular flexibility index (Phi) is 5.74. The molecule has 2 aliphatic rings. The number of rotatable bonds is 6. The Bertz CT molecular complexity index is 1180. The van der Waals surface area contributed by atoms with Gasteiger partial charge in [0, 0.05) is 4.88 Å². The second-order valence-electron chi connectivity index (χ2n) is 8.20. The Morgan fingerprint density at radius 2 is 1.88 bits per heavy atom. The van der Waals surface area contributed by atoms with E-state index in [1.807, 2.05) is 6.07 Å². The van der Waals surface area contributed by atoms with Crippen molar-refractivity contribution in [1.82, 2.24) is 0 Å². The summed E-state index contributed by atoms with van der Waals surface area (Å²) in [5.41, 5.74) is 4.23. The van der Waals surface area contributed by atoms with E-state index >= 15 is 0 Å². The average molecular weight is 452 g/mol. The number of esters is 1. The standard InChI is InChI=1S/C25H25NO5S/c1-29-25(28)22-19-7-2-3-8-21(19)32-24(22)26-23(27)20-12-11-18(31-20)14-30-17-10-9-15-5-4-6-16(15)13-17/h9-13H,2-8,14H2,1H3,(H,26,27). The second kappa shape index (κ2) is 8.82. The first-order valence-corrected chi connectivity index (χ1v) is 11.8. The molecule has 32 heavy (non-hydrogen) atoms. The van der Waals surface area contributed by atoms with Gasteiger partial charge in [0.05, 0.1) is 12.7 Å². The average Bonchev–Trinajstić information content (AvgIpc) is 3.54. The molecule has 0 atom stereocenters. The van der Waals surface area contributed by atoms with Crippen molar-refractivity contribution in [1.29, 1.82) is 0 Å². The smallest absolute Gasteiger partial charge is 0.341 e. The summed E-state index contributed by atoms with van der Waals surface area (Å²) in [6, 6.07) is 9.56. The number of aryl methyl sites for hydroxylation is 3. The number of ether oxygens (including phenoxy) is 2. The summed E-state index contributed by atoms with van der Waals surface area (Å²) in [6.45, 7) is 0.243. The molecule has 2 heterocycles. The number of hydrogen-bond acceptors (Lipinski definition) is 6. The first kappa shape index (κ1) is 20.8. The van der Waals surface area contributed by atoms with Crippen LogP contribution >= 0.6 is 11.3 Å². The van der Waals surface area contributed by atoms with Gasteiger partial charge in [-0.3, -0.25) is 4.79 Å². The van der Waals surface area contributed by atoms with E-state index in [2.05, 4.69) is 17.4 Å². The maximum atomic E-state index is 12.8. The van der Waals surface area contributed by atoms with Crippen molar-refractivity contribution in [3.05, 3.63) is 69.0 Å². The fraction of sp³-hybridized carbons (Fsp3) is 0.360. The molecule has 3 aromatic rings. The van der Waals surface area contributed by atoms with Crippen LogP contribution in [-0.2, 0) is 37.0 Å². The number of fused-ring (bicyclic) bond motifs is 2. The van der Waals surface area contributed by atoms with Gasteiger partial charge < -0.3 is 19.2 Å². The van der Waals surface area contributed by atoms with E-state index in [0.29, 0.717) is 16.3 Å². The van der Waals surface area contributed by atoms with Crippen molar-refractivity contribution in [2.75, 3.05) is 12.4 Å². The summed E-state index contributed by atoms with van der Waals surface area (Å²) in [6.07, 6.45) is 7.30. The van der Waals surface area contributed by atoms with Gasteiger partial charge in [-0.05, 0) is 85.9 Å². The zero-order valence-corrected chi connectivity index (χ0v) is 18.8. The molecule has 0 unspecified atom stereocenters. The largest absolute Gasteiger partial charge is 0.486 e. The van der Waals surface area contributed by atoms with Crippen molar-refractivity contribution in [3.8, 4) is 5.75 Å². The monoisotopic (exact) mass is 451 g/mol. The Balaban J connectivity index is 1.27. The van der Waals surface area contributed by atoms with Crippen molar-refractivity contribution in [2.24, 2.45) is 0 Å². The van der Waals surface area contributed by atoms with Gasteiger partial charge in [-0.25, -0.2) is 4.79 Å². The van der Waals surface area contributed by atoms with E-state index < -0.39 is 11.9 Å². The minimum absolute atomic E-state index is 0.180. The van der Waals surface area contributed by atoms with Crippen LogP contribution in [0.15, 0.2) is 34.7 Å². The number of thiophene rings is 1. The van der Waals surface area contributed by atoms with Gasteiger partial charge in [-0.15, -0.1) is 11.3 Å². The molecule has 0 aliphatic heterocycles. The number of methoxy groups -OCH3 is 1. The molecule has 5 rings (SSSR count). The summed E-state index contributed by atoms with van der Waals surface area (Å²) in [5.74, 6) is 0.745. The molecule has 166 valence electrons. The Labute approximate surface area is 190 Å². The lowest BCUT2D eigenvalue weighted by Crippen LogP contribution is -2.14. The number of furan rings is 1. The molecule has 2 aliphatic carbocycles. The third-order valence-corrected chi connectivity index (χ3v) is 7.33. The molecule has 0 spiro atoms. The number of carbonyl (C=O) groups is 2. The Hall–Kier alpha value is -3.06. The molecule has 0 saturated heterocycles. The van der Waals surface area contributed by atoms with Gasteiger partial charge >= 0.3 is 5.97 Å². The summed E-state index contributed by atoms with van der Waals surface area (Å²) in [7, 11) is 1.36. The van der Waals surface area contributed by atoms with E-state index in [1.165, 1.54) is 36.0 Å². The highest BCUT2D eigenvalue weighted by Gasteiger charge is 2.27. The molecule has 0 bridgehead atoms. The fourth-order valence-electron chi connectivity index (χ4n) is 4.51. The maximum absolute atomic E-state index is 12.8. The minimum atomic E-state index is -0.414. The highest BCUT2D eigenvalue weighted by Crippen LogP contribution is 2.38. The number of amides is 1. The summed E-state index contributed by atoms with van der Waals surface area (Å²) in [5, 5.41) is 3.39. The topological polar surface area (TPSA) is 77.8 Å². The van der Waals surface area contributed by atoms with Crippen molar-refractivity contribution >= 4 is 28.2 Å². The molecular formula is C25H25NO5S. The normalized spacial score (nSPS) is 14.5. The third-order valence-electron chi connectivity index (χ3n) is 6.12.